The Kier molecular flexibility index (Phi) is 4.73. The van der Waals surface area contributed by atoms with E-state index in [-0.39, 0.29) is 23.8 Å². The van der Waals surface area contributed by atoms with Crippen LogP contribution in [0.2, 0.25) is 0 Å². The fourth-order valence-corrected chi connectivity index (χ4v) is 4.00. The van der Waals surface area contributed by atoms with Crippen LogP contribution in [0.5, 0.6) is 0 Å². The van der Waals surface area contributed by atoms with Crippen molar-refractivity contribution in [2.24, 2.45) is 13.0 Å². The van der Waals surface area contributed by atoms with Gasteiger partial charge in [0.15, 0.2) is 0 Å². The third kappa shape index (κ3) is 2.97. The third-order valence-electron chi connectivity index (χ3n) is 5.49. The Balaban J connectivity index is 1.66. The number of aryl methyl sites for hydroxylation is 1. The lowest BCUT2D eigenvalue weighted by atomic mass is 9.89. The Bertz CT molecular complexity index is 643. The summed E-state index contributed by atoms with van der Waals surface area (Å²) in [6, 6.07) is 0.128. The largest absolute Gasteiger partial charge is 0.339 e. The molecule has 24 heavy (non-hydrogen) atoms. The molecule has 1 fully saturated rings. The third-order valence-corrected chi connectivity index (χ3v) is 5.49. The minimum Gasteiger partial charge on any atom is -0.339 e. The lowest BCUT2D eigenvalue weighted by Crippen LogP contribution is -2.44. The maximum Gasteiger partial charge on any atom is 0.245 e. The number of likely N-dealkylation sites (tertiary alicyclic amines) is 1. The number of nitrogens with zero attached hydrogens (tertiary/aromatic N) is 4. The first-order valence-corrected chi connectivity index (χ1v) is 8.71. The van der Waals surface area contributed by atoms with Crippen molar-refractivity contribution >= 4 is 11.8 Å². The smallest absolute Gasteiger partial charge is 0.245 e. The van der Waals surface area contributed by atoms with Gasteiger partial charge in [0, 0.05) is 44.4 Å². The van der Waals surface area contributed by atoms with Crippen molar-refractivity contribution in [1.29, 1.82) is 0 Å². The highest BCUT2D eigenvalue weighted by Gasteiger charge is 2.34. The van der Waals surface area contributed by atoms with Crippen molar-refractivity contribution in [1.82, 2.24) is 19.6 Å². The molecule has 2 heterocycles. The van der Waals surface area contributed by atoms with E-state index in [1.807, 2.05) is 29.9 Å². The van der Waals surface area contributed by atoms with Crippen LogP contribution in [-0.4, -0.2) is 51.5 Å². The monoisotopic (exact) mass is 330 g/mol. The molecule has 1 aromatic rings. The number of fused-ring (bicyclic) bond motifs is 1. The first-order chi connectivity index (χ1) is 11.5. The Morgan fingerprint density at radius 2 is 2.04 bits per heavy atom. The van der Waals surface area contributed by atoms with Crippen molar-refractivity contribution in [2.75, 3.05) is 20.1 Å². The predicted molar refractivity (Wildman–Crippen MR) is 91.2 cm³/mol. The average molecular weight is 330 g/mol. The molecule has 1 atom stereocenters. The second-order valence-electron chi connectivity index (χ2n) is 6.83. The molecule has 0 aromatic carbocycles. The molecule has 3 rings (SSSR count). The Labute approximate surface area is 143 Å². The van der Waals surface area contributed by atoms with E-state index in [9.17, 15) is 9.59 Å². The van der Waals surface area contributed by atoms with Gasteiger partial charge in [-0.05, 0) is 38.2 Å². The van der Waals surface area contributed by atoms with Crippen LogP contribution in [-0.2, 0) is 23.1 Å². The molecule has 0 bridgehead atoms. The van der Waals surface area contributed by atoms with Gasteiger partial charge < -0.3 is 9.80 Å². The summed E-state index contributed by atoms with van der Waals surface area (Å²) in [6.07, 6.45) is 7.83. The highest BCUT2D eigenvalue weighted by molar-refractivity contribution is 5.87. The molecule has 0 spiro atoms. The molecule has 2 amide bonds. The van der Waals surface area contributed by atoms with Crippen molar-refractivity contribution in [3.63, 3.8) is 0 Å². The normalized spacial score (nSPS) is 21.2. The summed E-state index contributed by atoms with van der Waals surface area (Å²) in [5.41, 5.74) is 2.44. The summed E-state index contributed by atoms with van der Waals surface area (Å²) in [5, 5.41) is 4.37. The molecule has 2 aliphatic rings. The van der Waals surface area contributed by atoms with Gasteiger partial charge in [0.2, 0.25) is 11.8 Å². The fourth-order valence-electron chi connectivity index (χ4n) is 4.00. The second kappa shape index (κ2) is 6.79. The van der Waals surface area contributed by atoms with Crippen molar-refractivity contribution in [2.45, 2.75) is 38.1 Å². The van der Waals surface area contributed by atoms with E-state index >= 15 is 0 Å². The molecule has 1 unspecified atom stereocenters. The summed E-state index contributed by atoms with van der Waals surface area (Å²) in [4.78, 5) is 28.3. The van der Waals surface area contributed by atoms with Crippen LogP contribution in [0.15, 0.2) is 18.9 Å². The molecule has 1 aliphatic carbocycles. The van der Waals surface area contributed by atoms with Gasteiger partial charge in [0.05, 0.1) is 12.2 Å². The first kappa shape index (κ1) is 16.7. The quantitative estimate of drug-likeness (QED) is 0.792. The molecule has 1 aromatic heterocycles. The van der Waals surface area contributed by atoms with Crippen molar-refractivity contribution < 1.29 is 9.59 Å². The Hall–Kier alpha value is -2.11. The molecule has 1 saturated heterocycles. The zero-order valence-corrected chi connectivity index (χ0v) is 14.6. The number of carbonyl (C=O) groups is 2. The number of hydrogen-bond donors (Lipinski definition) is 0. The van der Waals surface area contributed by atoms with E-state index < -0.39 is 0 Å². The molecule has 0 radical (unpaired) electrons. The number of aromatic nitrogens is 2. The fraction of sp³-hybridized carbons (Fsp3) is 0.611. The van der Waals surface area contributed by atoms with Gasteiger partial charge in [-0.1, -0.05) is 6.58 Å². The minimum atomic E-state index is -0.0402. The molecule has 6 nitrogen and oxygen atoms in total. The summed E-state index contributed by atoms with van der Waals surface area (Å²) in [5.74, 6) is 0.162. The molecule has 0 saturated carbocycles. The lowest BCUT2D eigenvalue weighted by Gasteiger charge is -2.36. The number of hydrogen-bond acceptors (Lipinski definition) is 3. The van der Waals surface area contributed by atoms with Crippen LogP contribution < -0.4 is 0 Å². The van der Waals surface area contributed by atoms with E-state index in [0.717, 1.165) is 32.1 Å². The number of piperidine rings is 1. The van der Waals surface area contributed by atoms with Gasteiger partial charge in [0.1, 0.15) is 0 Å². The summed E-state index contributed by atoms with van der Waals surface area (Å²) < 4.78 is 1.93. The summed E-state index contributed by atoms with van der Waals surface area (Å²) in [7, 11) is 3.88. The summed E-state index contributed by atoms with van der Waals surface area (Å²) >= 11 is 0. The maximum absolute atomic E-state index is 12.9. The number of amides is 2. The second-order valence-corrected chi connectivity index (χ2v) is 6.83. The van der Waals surface area contributed by atoms with Crippen LogP contribution >= 0.6 is 0 Å². The van der Waals surface area contributed by atoms with Crippen LogP contribution in [0.25, 0.3) is 0 Å². The number of rotatable bonds is 3. The Morgan fingerprint density at radius 1 is 1.33 bits per heavy atom. The molecular weight excluding hydrogens is 304 g/mol. The van der Waals surface area contributed by atoms with E-state index in [1.54, 1.807) is 4.90 Å². The highest BCUT2D eigenvalue weighted by Crippen LogP contribution is 2.34. The Morgan fingerprint density at radius 3 is 2.71 bits per heavy atom. The predicted octanol–water partition coefficient (Wildman–Crippen LogP) is 1.68. The van der Waals surface area contributed by atoms with Gasteiger partial charge in [0.25, 0.3) is 0 Å². The van der Waals surface area contributed by atoms with Crippen LogP contribution in [0, 0.1) is 5.92 Å². The van der Waals surface area contributed by atoms with Gasteiger partial charge in [-0.25, -0.2) is 0 Å². The zero-order chi connectivity index (χ0) is 17.3. The minimum absolute atomic E-state index is 0.00548. The van der Waals surface area contributed by atoms with E-state index in [2.05, 4.69) is 11.7 Å². The molecule has 1 aliphatic heterocycles. The molecule has 0 N–H and O–H groups in total. The van der Waals surface area contributed by atoms with Gasteiger partial charge >= 0.3 is 0 Å². The number of carbonyl (C=O) groups excluding carboxylic acids is 2. The summed E-state index contributed by atoms with van der Waals surface area (Å²) in [6.45, 7) is 4.80. The van der Waals surface area contributed by atoms with Gasteiger partial charge in [-0.15, -0.1) is 0 Å². The van der Waals surface area contributed by atoms with Crippen LogP contribution in [0.4, 0.5) is 0 Å². The molecular formula is C18H26N4O2. The first-order valence-electron chi connectivity index (χ1n) is 8.71. The lowest BCUT2D eigenvalue weighted by molar-refractivity contribution is -0.140. The average Bonchev–Trinajstić information content (AvgIpc) is 3.01. The molecule has 6 heteroatoms. The van der Waals surface area contributed by atoms with E-state index in [0.29, 0.717) is 13.1 Å². The van der Waals surface area contributed by atoms with Crippen molar-refractivity contribution in [3.8, 4) is 0 Å². The zero-order valence-electron chi connectivity index (χ0n) is 14.6. The van der Waals surface area contributed by atoms with Gasteiger partial charge in [-0.2, -0.15) is 5.10 Å². The topological polar surface area (TPSA) is 58.4 Å². The standard InChI is InChI=1S/C18H26N4O2/c1-4-17(23)22-10-8-13(9-11-22)18(24)20(2)15-6-5-7-16-14(15)12-19-21(16)3/h4,12-13,15H,1,5-11H2,2-3H3. The maximum atomic E-state index is 12.9. The van der Waals surface area contributed by atoms with E-state index in [1.165, 1.54) is 17.3 Å². The van der Waals surface area contributed by atoms with E-state index in [4.69, 9.17) is 0 Å². The SMILES string of the molecule is C=CC(=O)N1CCC(C(=O)N(C)C2CCCc3c2cnn3C)CC1. The van der Waals surface area contributed by atoms with Crippen LogP contribution in [0.1, 0.15) is 43.0 Å². The van der Waals surface area contributed by atoms with Crippen molar-refractivity contribution in [3.05, 3.63) is 30.1 Å². The molecule has 130 valence electrons. The van der Waals surface area contributed by atoms with Crippen LogP contribution in [0.3, 0.4) is 0 Å². The highest BCUT2D eigenvalue weighted by atomic mass is 16.2. The van der Waals surface area contributed by atoms with Gasteiger partial charge in [-0.3, -0.25) is 14.3 Å².